The van der Waals surface area contributed by atoms with Crippen molar-refractivity contribution in [3.8, 4) is 0 Å². The van der Waals surface area contributed by atoms with E-state index in [0.717, 1.165) is 5.56 Å². The summed E-state index contributed by atoms with van der Waals surface area (Å²) in [5.41, 5.74) is 7.36. The van der Waals surface area contributed by atoms with Gasteiger partial charge in [0, 0.05) is 6.54 Å². The lowest BCUT2D eigenvalue weighted by molar-refractivity contribution is 0.181. The molecule has 1 amide bonds. The van der Waals surface area contributed by atoms with Crippen molar-refractivity contribution in [3.63, 3.8) is 0 Å². The van der Waals surface area contributed by atoms with Gasteiger partial charge in [0.15, 0.2) is 0 Å². The highest BCUT2D eigenvalue weighted by molar-refractivity contribution is 5.92. The molecule has 1 aliphatic rings. The average molecular weight is 302 g/mol. The number of hydrogen-bond donors (Lipinski definition) is 2. The van der Waals surface area contributed by atoms with E-state index in [2.05, 4.69) is 10.3 Å². The number of pyridine rings is 1. The molecule has 6 nitrogen and oxygen atoms in total. The Balaban J connectivity index is 1.69. The highest BCUT2D eigenvalue weighted by atomic mass is 19.1. The van der Waals surface area contributed by atoms with Crippen molar-refractivity contribution in [1.82, 2.24) is 4.98 Å². The molecule has 0 spiro atoms. The van der Waals surface area contributed by atoms with E-state index in [-0.39, 0.29) is 11.6 Å². The summed E-state index contributed by atoms with van der Waals surface area (Å²) >= 11 is 0. The second-order valence-corrected chi connectivity index (χ2v) is 4.85. The second kappa shape index (κ2) is 5.88. The van der Waals surface area contributed by atoms with E-state index in [4.69, 9.17) is 10.5 Å². The second-order valence-electron chi connectivity index (χ2n) is 4.85. The quantitative estimate of drug-likeness (QED) is 0.906. The van der Waals surface area contributed by atoms with Crippen molar-refractivity contribution in [1.29, 1.82) is 0 Å². The first-order valence-electron chi connectivity index (χ1n) is 6.82. The maximum absolute atomic E-state index is 12.8. The number of cyclic esters (lactones) is 1. The Labute approximate surface area is 126 Å². The molecule has 2 heterocycles. The zero-order chi connectivity index (χ0) is 15.5. The molecule has 1 saturated heterocycles. The van der Waals surface area contributed by atoms with Gasteiger partial charge in [-0.1, -0.05) is 12.1 Å². The van der Waals surface area contributed by atoms with Crippen LogP contribution in [-0.2, 0) is 11.3 Å². The van der Waals surface area contributed by atoms with Gasteiger partial charge in [-0.05, 0) is 29.8 Å². The summed E-state index contributed by atoms with van der Waals surface area (Å²) in [6.45, 7) is 1.31. The molecule has 3 rings (SSSR count). The van der Waals surface area contributed by atoms with Crippen LogP contribution in [0.1, 0.15) is 5.56 Å². The molecular formula is C15H15FN4O2. The summed E-state index contributed by atoms with van der Waals surface area (Å²) in [4.78, 5) is 17.2. The Bertz CT molecular complexity index is 690. The molecule has 0 aliphatic carbocycles. The fraction of sp³-hybridized carbons (Fsp3) is 0.200. The maximum Gasteiger partial charge on any atom is 0.414 e. The van der Waals surface area contributed by atoms with E-state index in [0.29, 0.717) is 31.2 Å². The topological polar surface area (TPSA) is 80.5 Å². The van der Waals surface area contributed by atoms with Crippen molar-refractivity contribution in [2.45, 2.75) is 6.54 Å². The Morgan fingerprint density at radius 2 is 2.05 bits per heavy atom. The summed E-state index contributed by atoms with van der Waals surface area (Å²) in [6.07, 6.45) is -0.416. The van der Waals surface area contributed by atoms with Crippen LogP contribution in [0, 0.1) is 5.82 Å². The van der Waals surface area contributed by atoms with Crippen LogP contribution in [-0.4, -0.2) is 24.2 Å². The molecule has 0 bridgehead atoms. The lowest BCUT2D eigenvalue weighted by atomic mass is 10.2. The maximum atomic E-state index is 12.8. The normalized spacial score (nSPS) is 14.0. The minimum Gasteiger partial charge on any atom is -0.447 e. The number of anilines is 3. The van der Waals surface area contributed by atoms with Crippen molar-refractivity contribution in [2.75, 3.05) is 29.1 Å². The fourth-order valence-corrected chi connectivity index (χ4v) is 2.20. The molecule has 0 saturated carbocycles. The summed E-state index contributed by atoms with van der Waals surface area (Å²) in [5.74, 6) is 0.564. The number of halogens is 1. The Morgan fingerprint density at radius 1 is 1.27 bits per heavy atom. The molecule has 0 atom stereocenters. The molecule has 1 aromatic carbocycles. The van der Waals surface area contributed by atoms with E-state index in [9.17, 15) is 9.18 Å². The predicted octanol–water partition coefficient (Wildman–Crippen LogP) is 2.37. The van der Waals surface area contributed by atoms with E-state index in [1.807, 2.05) is 0 Å². The van der Waals surface area contributed by atoms with Crippen LogP contribution in [0.2, 0.25) is 0 Å². The van der Waals surface area contributed by atoms with Crippen LogP contribution >= 0.6 is 0 Å². The number of hydrogen-bond acceptors (Lipinski definition) is 5. The Kier molecular flexibility index (Phi) is 3.78. The number of amides is 1. The van der Waals surface area contributed by atoms with Crippen molar-refractivity contribution < 1.29 is 13.9 Å². The number of rotatable bonds is 4. The van der Waals surface area contributed by atoms with Gasteiger partial charge in [-0.2, -0.15) is 0 Å². The lowest BCUT2D eigenvalue weighted by Crippen LogP contribution is -2.24. The number of nitrogens with two attached hydrogens (primary N) is 1. The number of carbonyl (C=O) groups is 1. The third-order valence-corrected chi connectivity index (χ3v) is 3.34. The number of aromatic nitrogens is 1. The van der Waals surface area contributed by atoms with Gasteiger partial charge in [0.25, 0.3) is 0 Å². The molecule has 1 fully saturated rings. The molecule has 7 heteroatoms. The first kappa shape index (κ1) is 14.1. The molecule has 0 radical (unpaired) electrons. The van der Waals surface area contributed by atoms with Crippen LogP contribution in [0.4, 0.5) is 26.5 Å². The highest BCUT2D eigenvalue weighted by Gasteiger charge is 2.25. The minimum atomic E-state index is -0.416. The van der Waals surface area contributed by atoms with Crippen LogP contribution in [0.15, 0.2) is 36.4 Å². The summed E-state index contributed by atoms with van der Waals surface area (Å²) in [5, 5.41) is 3.10. The molecule has 3 N–H and O–H groups in total. The van der Waals surface area contributed by atoms with Crippen LogP contribution in [0.25, 0.3) is 0 Å². The first-order valence-corrected chi connectivity index (χ1v) is 6.82. The number of carbonyl (C=O) groups excluding carboxylic acids is 1. The molecule has 114 valence electrons. The Morgan fingerprint density at radius 3 is 2.68 bits per heavy atom. The third kappa shape index (κ3) is 2.93. The van der Waals surface area contributed by atoms with E-state index in [1.165, 1.54) is 17.0 Å². The van der Waals surface area contributed by atoms with Gasteiger partial charge in [0.1, 0.15) is 24.1 Å². The van der Waals surface area contributed by atoms with Crippen molar-refractivity contribution >= 4 is 23.4 Å². The molecule has 1 aromatic heterocycles. The van der Waals surface area contributed by atoms with Gasteiger partial charge in [0.05, 0.1) is 12.2 Å². The van der Waals surface area contributed by atoms with Gasteiger partial charge in [-0.3, -0.25) is 4.90 Å². The summed E-state index contributed by atoms with van der Waals surface area (Å²) in [7, 11) is 0. The predicted molar refractivity (Wildman–Crippen MR) is 81.1 cm³/mol. The smallest absolute Gasteiger partial charge is 0.414 e. The number of nitrogen functional groups attached to an aromatic ring is 1. The van der Waals surface area contributed by atoms with E-state index >= 15 is 0 Å². The largest absolute Gasteiger partial charge is 0.447 e. The zero-order valence-electron chi connectivity index (χ0n) is 11.8. The first-order chi connectivity index (χ1) is 10.6. The van der Waals surface area contributed by atoms with Gasteiger partial charge in [-0.15, -0.1) is 0 Å². The zero-order valence-corrected chi connectivity index (χ0v) is 11.8. The fourth-order valence-electron chi connectivity index (χ4n) is 2.20. The van der Waals surface area contributed by atoms with Gasteiger partial charge in [0.2, 0.25) is 0 Å². The van der Waals surface area contributed by atoms with Crippen LogP contribution < -0.4 is 16.0 Å². The highest BCUT2D eigenvalue weighted by Crippen LogP contribution is 2.26. The molecule has 22 heavy (non-hydrogen) atoms. The van der Waals surface area contributed by atoms with Gasteiger partial charge in [-0.25, -0.2) is 14.2 Å². The van der Waals surface area contributed by atoms with Crippen molar-refractivity contribution in [2.24, 2.45) is 0 Å². The Hall–Kier alpha value is -2.83. The summed E-state index contributed by atoms with van der Waals surface area (Å²) in [6, 6.07) is 9.66. The van der Waals surface area contributed by atoms with Crippen LogP contribution in [0.5, 0.6) is 0 Å². The number of nitrogens with zero attached hydrogens (tertiary/aromatic N) is 2. The number of nitrogens with one attached hydrogen (secondary N) is 1. The SMILES string of the molecule is Nc1nc(NCc2ccc(F)cc2)ccc1N1CCOC1=O. The van der Waals surface area contributed by atoms with Crippen LogP contribution in [0.3, 0.4) is 0 Å². The summed E-state index contributed by atoms with van der Waals surface area (Å²) < 4.78 is 17.7. The number of benzene rings is 1. The van der Waals surface area contributed by atoms with E-state index < -0.39 is 6.09 Å². The standard InChI is InChI=1S/C15H15FN4O2/c16-11-3-1-10(2-4-11)9-18-13-6-5-12(14(17)19-13)20-7-8-22-15(20)21/h1-6H,7-9H2,(H3,17,18,19). The monoisotopic (exact) mass is 302 g/mol. The average Bonchev–Trinajstić information content (AvgIpc) is 2.93. The molecule has 1 aliphatic heterocycles. The third-order valence-electron chi connectivity index (χ3n) is 3.34. The molecule has 2 aromatic rings. The number of ether oxygens (including phenoxy) is 1. The minimum absolute atomic E-state index is 0.253. The molecular weight excluding hydrogens is 287 g/mol. The lowest BCUT2D eigenvalue weighted by Gasteiger charge is -2.15. The molecule has 0 unspecified atom stereocenters. The van der Waals surface area contributed by atoms with Gasteiger partial charge < -0.3 is 15.8 Å². The van der Waals surface area contributed by atoms with Crippen molar-refractivity contribution in [3.05, 3.63) is 47.8 Å². The van der Waals surface area contributed by atoms with E-state index in [1.54, 1.807) is 24.3 Å². The van der Waals surface area contributed by atoms with Gasteiger partial charge >= 0.3 is 6.09 Å².